The smallest absolute Gasteiger partial charge is 0.0682 e. The van der Waals surface area contributed by atoms with Gasteiger partial charge in [0.2, 0.25) is 0 Å². The van der Waals surface area contributed by atoms with E-state index in [-0.39, 0.29) is 0 Å². The summed E-state index contributed by atoms with van der Waals surface area (Å²) in [6.45, 7) is 7.05. The van der Waals surface area contributed by atoms with Gasteiger partial charge in [-0.05, 0) is 25.3 Å². The Morgan fingerprint density at radius 2 is 1.42 bits per heavy atom. The van der Waals surface area contributed by atoms with Crippen molar-refractivity contribution in [2.75, 3.05) is 19.7 Å². The Morgan fingerprint density at radius 1 is 0.842 bits per heavy atom. The van der Waals surface area contributed by atoms with Crippen LogP contribution in [0.15, 0.2) is 0 Å². The minimum atomic E-state index is 0.730. The zero-order valence-corrected chi connectivity index (χ0v) is 13.3. The largest absolute Gasteiger partial charge is 0.330 e. The fourth-order valence-electron chi connectivity index (χ4n) is 2.11. The van der Waals surface area contributed by atoms with Crippen molar-refractivity contribution in [2.45, 2.75) is 78.1 Å². The molecule has 0 atom stereocenters. The van der Waals surface area contributed by atoms with Crippen molar-refractivity contribution in [3.05, 3.63) is 0 Å². The lowest BCUT2D eigenvalue weighted by Gasteiger charge is -2.05. The van der Waals surface area contributed by atoms with Crippen LogP contribution in [0.25, 0.3) is 0 Å². The van der Waals surface area contributed by atoms with Crippen LogP contribution in [0, 0.1) is 5.92 Å². The first-order valence-electron chi connectivity index (χ1n) is 8.32. The van der Waals surface area contributed by atoms with Crippen LogP contribution in [0.1, 0.15) is 78.1 Å². The quantitative estimate of drug-likeness (QED) is 0.349. The van der Waals surface area contributed by atoms with E-state index in [4.69, 9.17) is 10.6 Å². The topological polar surface area (TPSA) is 47.3 Å². The van der Waals surface area contributed by atoms with Gasteiger partial charge in [0.1, 0.15) is 0 Å². The molecule has 0 aromatic carbocycles. The zero-order chi connectivity index (χ0) is 14.2. The van der Waals surface area contributed by atoms with E-state index in [0.29, 0.717) is 0 Å². The van der Waals surface area contributed by atoms with Crippen molar-refractivity contribution in [1.29, 1.82) is 0 Å². The van der Waals surface area contributed by atoms with Gasteiger partial charge >= 0.3 is 0 Å². The molecule has 0 aromatic heterocycles. The van der Waals surface area contributed by atoms with Crippen LogP contribution in [0.2, 0.25) is 0 Å². The van der Waals surface area contributed by atoms with Gasteiger partial charge in [-0.15, -0.1) is 0 Å². The molecule has 3 nitrogen and oxygen atoms in total. The van der Waals surface area contributed by atoms with Crippen molar-refractivity contribution < 1.29 is 4.84 Å². The summed E-state index contributed by atoms with van der Waals surface area (Å²) in [5.41, 5.74) is 8.33. The molecule has 3 heteroatoms. The van der Waals surface area contributed by atoms with Crippen LogP contribution < -0.4 is 11.2 Å². The van der Waals surface area contributed by atoms with E-state index >= 15 is 0 Å². The first-order chi connectivity index (χ1) is 9.27. The maximum atomic E-state index is 5.39. The molecule has 0 radical (unpaired) electrons. The Kier molecular flexibility index (Phi) is 15.8. The fraction of sp³-hybridized carbons (Fsp3) is 1.00. The van der Waals surface area contributed by atoms with Crippen LogP contribution in [-0.2, 0) is 4.84 Å². The van der Waals surface area contributed by atoms with Crippen molar-refractivity contribution >= 4 is 0 Å². The van der Waals surface area contributed by atoms with Gasteiger partial charge in [0, 0.05) is 6.54 Å². The summed E-state index contributed by atoms with van der Waals surface area (Å²) < 4.78 is 0. The van der Waals surface area contributed by atoms with E-state index in [0.717, 1.165) is 32.0 Å². The lowest BCUT2D eigenvalue weighted by atomic mass is 10.0. The number of hydrogen-bond acceptors (Lipinski definition) is 3. The summed E-state index contributed by atoms with van der Waals surface area (Å²) in [5, 5.41) is 0. The molecule has 0 heterocycles. The molecule has 0 saturated carbocycles. The predicted molar refractivity (Wildman–Crippen MR) is 84.0 cm³/mol. The van der Waals surface area contributed by atoms with Crippen molar-refractivity contribution in [3.8, 4) is 0 Å². The molecular formula is C16H36N2O. The van der Waals surface area contributed by atoms with E-state index in [1.54, 1.807) is 0 Å². The highest BCUT2D eigenvalue weighted by Gasteiger charge is 1.95. The molecule has 0 aliphatic rings. The molecule has 0 spiro atoms. The Bertz CT molecular complexity index is 163. The zero-order valence-electron chi connectivity index (χ0n) is 13.3. The number of nitrogens with two attached hydrogens (primary N) is 1. The van der Waals surface area contributed by atoms with Crippen LogP contribution >= 0.6 is 0 Å². The monoisotopic (exact) mass is 272 g/mol. The van der Waals surface area contributed by atoms with Gasteiger partial charge in [-0.3, -0.25) is 0 Å². The van der Waals surface area contributed by atoms with Crippen molar-refractivity contribution in [3.63, 3.8) is 0 Å². The van der Waals surface area contributed by atoms with Gasteiger partial charge in [0.15, 0.2) is 0 Å². The van der Waals surface area contributed by atoms with Gasteiger partial charge in [0.25, 0.3) is 0 Å². The Morgan fingerprint density at radius 3 is 2.00 bits per heavy atom. The maximum Gasteiger partial charge on any atom is 0.0682 e. The van der Waals surface area contributed by atoms with Gasteiger partial charge in [-0.2, -0.15) is 0 Å². The average Bonchev–Trinajstić information content (AvgIpc) is 2.39. The molecule has 0 aliphatic carbocycles. The summed E-state index contributed by atoms with van der Waals surface area (Å²) in [7, 11) is 0. The van der Waals surface area contributed by atoms with E-state index < -0.39 is 0 Å². The summed E-state index contributed by atoms with van der Waals surface area (Å²) >= 11 is 0. The Hall–Kier alpha value is -0.120. The number of unbranched alkanes of at least 4 members (excludes halogenated alkanes) is 7. The second-order valence-electron chi connectivity index (χ2n) is 5.90. The van der Waals surface area contributed by atoms with Crippen LogP contribution in [-0.4, -0.2) is 19.7 Å². The Labute approximate surface area is 120 Å². The molecule has 0 aliphatic heterocycles. The SMILES string of the molecule is CC(C)CCCCCCCCCCONCCCN. The van der Waals surface area contributed by atoms with Crippen molar-refractivity contribution in [2.24, 2.45) is 11.7 Å². The summed E-state index contributed by atoms with van der Waals surface area (Å²) in [4.78, 5) is 5.31. The molecule has 19 heavy (non-hydrogen) atoms. The highest BCUT2D eigenvalue weighted by atomic mass is 16.6. The molecular weight excluding hydrogens is 236 g/mol. The molecule has 0 fully saturated rings. The maximum absolute atomic E-state index is 5.39. The second kappa shape index (κ2) is 15.9. The lowest BCUT2D eigenvalue weighted by molar-refractivity contribution is 0.0384. The summed E-state index contributed by atoms with van der Waals surface area (Å²) in [6.07, 6.45) is 13.3. The number of nitrogens with one attached hydrogen (secondary N) is 1. The van der Waals surface area contributed by atoms with Crippen LogP contribution in [0.4, 0.5) is 0 Å². The molecule has 0 amide bonds. The summed E-state index contributed by atoms with van der Waals surface area (Å²) in [5.74, 6) is 0.874. The van der Waals surface area contributed by atoms with E-state index in [1.165, 1.54) is 57.8 Å². The van der Waals surface area contributed by atoms with Gasteiger partial charge < -0.3 is 10.6 Å². The Balaban J connectivity index is 2.91. The average molecular weight is 272 g/mol. The van der Waals surface area contributed by atoms with E-state index in [9.17, 15) is 0 Å². The van der Waals surface area contributed by atoms with Crippen molar-refractivity contribution in [1.82, 2.24) is 5.48 Å². The van der Waals surface area contributed by atoms with E-state index in [1.807, 2.05) is 0 Å². The van der Waals surface area contributed by atoms with Crippen LogP contribution in [0.3, 0.4) is 0 Å². The first kappa shape index (κ1) is 18.9. The molecule has 0 aromatic rings. The number of hydroxylamine groups is 1. The van der Waals surface area contributed by atoms with Gasteiger partial charge in [-0.1, -0.05) is 65.2 Å². The van der Waals surface area contributed by atoms with Crippen LogP contribution in [0.5, 0.6) is 0 Å². The summed E-state index contributed by atoms with van der Waals surface area (Å²) in [6, 6.07) is 0. The predicted octanol–water partition coefficient (Wildman–Crippen LogP) is 4.02. The third kappa shape index (κ3) is 17.9. The third-order valence-corrected chi connectivity index (χ3v) is 3.36. The normalized spacial score (nSPS) is 11.4. The first-order valence-corrected chi connectivity index (χ1v) is 8.32. The lowest BCUT2D eigenvalue weighted by Crippen LogP contribution is -2.19. The molecule has 0 bridgehead atoms. The van der Waals surface area contributed by atoms with E-state index in [2.05, 4.69) is 19.3 Å². The number of hydrogen-bond donors (Lipinski definition) is 2. The number of rotatable bonds is 15. The standard InChI is InChI=1S/C16H36N2O/c1-16(2)12-9-7-5-3-4-6-8-10-15-19-18-14-11-13-17/h16,18H,3-15,17H2,1-2H3. The van der Waals surface area contributed by atoms with Gasteiger partial charge in [-0.25, -0.2) is 5.48 Å². The fourth-order valence-corrected chi connectivity index (χ4v) is 2.11. The highest BCUT2D eigenvalue weighted by molar-refractivity contribution is 4.49. The van der Waals surface area contributed by atoms with Gasteiger partial charge in [0.05, 0.1) is 6.61 Å². The molecule has 0 rings (SSSR count). The third-order valence-electron chi connectivity index (χ3n) is 3.36. The molecule has 0 saturated heterocycles. The molecule has 116 valence electrons. The second-order valence-corrected chi connectivity index (χ2v) is 5.90. The highest BCUT2D eigenvalue weighted by Crippen LogP contribution is 2.12. The molecule has 3 N–H and O–H groups in total. The minimum absolute atomic E-state index is 0.730. The minimum Gasteiger partial charge on any atom is -0.330 e. The molecule has 0 unspecified atom stereocenters.